The number of likely N-dealkylation sites (tertiary alicyclic amines) is 2. The van der Waals surface area contributed by atoms with Gasteiger partial charge in [0.1, 0.15) is 5.54 Å². The van der Waals surface area contributed by atoms with Gasteiger partial charge in [-0.25, -0.2) is 0 Å². The molecule has 0 aromatic rings. The van der Waals surface area contributed by atoms with Crippen LogP contribution in [0.5, 0.6) is 0 Å². The maximum Gasteiger partial charge on any atom is 0.240 e. The Labute approximate surface area is 107 Å². The van der Waals surface area contributed by atoms with Crippen molar-refractivity contribution in [3.05, 3.63) is 0 Å². The summed E-state index contributed by atoms with van der Waals surface area (Å²) in [6.07, 6.45) is 2.62. The first-order chi connectivity index (χ1) is 8.60. The zero-order valence-corrected chi connectivity index (χ0v) is 10.9. The zero-order valence-electron chi connectivity index (χ0n) is 10.9. The second-order valence-electron chi connectivity index (χ2n) is 5.09. The first-order valence-corrected chi connectivity index (χ1v) is 6.42. The number of primary amides is 1. The van der Waals surface area contributed by atoms with Gasteiger partial charge in [-0.15, -0.1) is 0 Å². The Kier molecular flexibility index (Phi) is 3.87. The molecule has 0 spiro atoms. The van der Waals surface area contributed by atoms with E-state index < -0.39 is 11.4 Å². The van der Waals surface area contributed by atoms with Crippen LogP contribution in [0.1, 0.15) is 19.3 Å². The lowest BCUT2D eigenvalue weighted by Gasteiger charge is -2.38. The first kappa shape index (κ1) is 13.3. The minimum atomic E-state index is -0.796. The molecule has 2 aliphatic heterocycles. The Bertz CT molecular complexity index is 343. The van der Waals surface area contributed by atoms with Crippen LogP contribution >= 0.6 is 0 Å². The number of hydrogen-bond acceptors (Lipinski definition) is 4. The molecular weight excluding hydrogens is 234 g/mol. The van der Waals surface area contributed by atoms with Gasteiger partial charge in [0.05, 0.1) is 13.2 Å². The van der Waals surface area contributed by atoms with Gasteiger partial charge in [0.15, 0.2) is 0 Å². The van der Waals surface area contributed by atoms with Gasteiger partial charge in [-0.2, -0.15) is 0 Å². The van der Waals surface area contributed by atoms with Crippen molar-refractivity contribution < 1.29 is 14.3 Å². The van der Waals surface area contributed by atoms with Gasteiger partial charge in [-0.1, -0.05) is 0 Å². The quantitative estimate of drug-likeness (QED) is 0.697. The molecule has 18 heavy (non-hydrogen) atoms. The molecule has 1 unspecified atom stereocenters. The number of nitrogens with zero attached hydrogens (tertiary/aromatic N) is 2. The van der Waals surface area contributed by atoms with Crippen LogP contribution in [0.3, 0.4) is 0 Å². The summed E-state index contributed by atoms with van der Waals surface area (Å²) in [6.45, 7) is 2.93. The monoisotopic (exact) mass is 255 g/mol. The Morgan fingerprint density at radius 1 is 1.28 bits per heavy atom. The van der Waals surface area contributed by atoms with E-state index in [1.807, 2.05) is 9.80 Å². The molecule has 2 saturated heterocycles. The number of methoxy groups -OCH3 is 1. The molecule has 1 atom stereocenters. The van der Waals surface area contributed by atoms with Crippen molar-refractivity contribution in [2.24, 2.45) is 5.73 Å². The second-order valence-corrected chi connectivity index (χ2v) is 5.09. The number of hydrogen-bond donors (Lipinski definition) is 1. The highest BCUT2D eigenvalue weighted by molar-refractivity contribution is 5.87. The van der Waals surface area contributed by atoms with Crippen molar-refractivity contribution in [2.45, 2.75) is 24.8 Å². The lowest BCUT2D eigenvalue weighted by molar-refractivity contribution is -0.141. The van der Waals surface area contributed by atoms with Gasteiger partial charge < -0.3 is 15.4 Å². The lowest BCUT2D eigenvalue weighted by Crippen LogP contribution is -2.59. The number of carbonyl (C=O) groups excluding carboxylic acids is 2. The van der Waals surface area contributed by atoms with Crippen molar-refractivity contribution in [2.75, 3.05) is 39.9 Å². The normalized spacial score (nSPS) is 28.2. The third kappa shape index (κ3) is 2.22. The van der Waals surface area contributed by atoms with E-state index in [1.54, 1.807) is 7.11 Å². The van der Waals surface area contributed by atoms with Crippen LogP contribution in [0.25, 0.3) is 0 Å². The van der Waals surface area contributed by atoms with E-state index in [9.17, 15) is 9.59 Å². The number of amides is 2. The number of carbonyl (C=O) groups is 2. The maximum absolute atomic E-state index is 12.0. The lowest BCUT2D eigenvalue weighted by atomic mass is 9.96. The van der Waals surface area contributed by atoms with Crippen LogP contribution < -0.4 is 5.73 Å². The molecule has 2 rings (SSSR count). The third-order valence-electron chi connectivity index (χ3n) is 4.00. The predicted octanol–water partition coefficient (Wildman–Crippen LogP) is -0.815. The highest BCUT2D eigenvalue weighted by Crippen LogP contribution is 2.29. The largest absolute Gasteiger partial charge is 0.382 e. The van der Waals surface area contributed by atoms with Crippen LogP contribution in [0, 0.1) is 0 Å². The third-order valence-corrected chi connectivity index (χ3v) is 4.00. The molecule has 6 heteroatoms. The maximum atomic E-state index is 12.0. The van der Waals surface area contributed by atoms with Crippen molar-refractivity contribution in [3.8, 4) is 0 Å². The Balaban J connectivity index is 2.04. The molecule has 2 fully saturated rings. The summed E-state index contributed by atoms with van der Waals surface area (Å²) in [5, 5.41) is 0. The van der Waals surface area contributed by atoms with E-state index in [0.717, 1.165) is 32.5 Å². The number of rotatable bonds is 5. The summed E-state index contributed by atoms with van der Waals surface area (Å²) in [6, 6.07) is 0. The van der Waals surface area contributed by atoms with E-state index in [-0.39, 0.29) is 19.1 Å². The molecule has 0 aliphatic carbocycles. The van der Waals surface area contributed by atoms with Crippen LogP contribution in [0.4, 0.5) is 0 Å². The smallest absolute Gasteiger partial charge is 0.240 e. The van der Waals surface area contributed by atoms with Crippen LogP contribution in [-0.4, -0.2) is 67.0 Å². The molecule has 102 valence electrons. The van der Waals surface area contributed by atoms with Crippen LogP contribution in [-0.2, 0) is 14.3 Å². The van der Waals surface area contributed by atoms with E-state index in [1.165, 1.54) is 0 Å². The predicted molar refractivity (Wildman–Crippen MR) is 65.8 cm³/mol. The fraction of sp³-hybridized carbons (Fsp3) is 0.833. The Morgan fingerprint density at radius 2 is 2.00 bits per heavy atom. The summed E-state index contributed by atoms with van der Waals surface area (Å²) in [4.78, 5) is 27.4. The highest BCUT2D eigenvalue weighted by Gasteiger charge is 2.47. The van der Waals surface area contributed by atoms with Gasteiger partial charge >= 0.3 is 0 Å². The van der Waals surface area contributed by atoms with E-state index >= 15 is 0 Å². The molecule has 2 amide bonds. The summed E-state index contributed by atoms with van der Waals surface area (Å²) in [5.74, 6) is -0.303. The van der Waals surface area contributed by atoms with Gasteiger partial charge in [-0.3, -0.25) is 14.5 Å². The Hall–Kier alpha value is -1.14. The van der Waals surface area contributed by atoms with Gasteiger partial charge in [-0.05, 0) is 25.8 Å². The first-order valence-electron chi connectivity index (χ1n) is 6.42. The fourth-order valence-corrected chi connectivity index (χ4v) is 2.75. The summed E-state index contributed by atoms with van der Waals surface area (Å²) in [7, 11) is 1.55. The van der Waals surface area contributed by atoms with Crippen LogP contribution in [0.15, 0.2) is 0 Å². The van der Waals surface area contributed by atoms with Crippen molar-refractivity contribution in [3.63, 3.8) is 0 Å². The standard InChI is InChI=1S/C12H21N3O3/c1-18-9-12(11(13)17)4-2-7-15(12)8-10(16)14-5-3-6-14/h2-9H2,1H3,(H2,13,17). The van der Waals surface area contributed by atoms with Crippen LogP contribution in [0.2, 0.25) is 0 Å². The summed E-state index contributed by atoms with van der Waals surface area (Å²) >= 11 is 0. The van der Waals surface area contributed by atoms with Crippen molar-refractivity contribution in [1.82, 2.24) is 9.80 Å². The molecule has 0 bridgehead atoms. The molecule has 0 aromatic heterocycles. The van der Waals surface area contributed by atoms with Crippen molar-refractivity contribution >= 4 is 11.8 Å². The number of nitrogens with two attached hydrogens (primary N) is 1. The van der Waals surface area contributed by atoms with Crippen molar-refractivity contribution in [1.29, 1.82) is 0 Å². The molecule has 2 aliphatic rings. The average Bonchev–Trinajstić information content (AvgIpc) is 2.60. The molecule has 6 nitrogen and oxygen atoms in total. The summed E-state index contributed by atoms with van der Waals surface area (Å²) < 4.78 is 5.14. The van der Waals surface area contributed by atoms with E-state index in [2.05, 4.69) is 0 Å². The molecule has 2 N–H and O–H groups in total. The second kappa shape index (κ2) is 5.24. The fourth-order valence-electron chi connectivity index (χ4n) is 2.75. The minimum Gasteiger partial charge on any atom is -0.382 e. The van der Waals surface area contributed by atoms with Gasteiger partial charge in [0, 0.05) is 20.2 Å². The van der Waals surface area contributed by atoms with E-state index in [4.69, 9.17) is 10.5 Å². The molecule has 0 saturated carbocycles. The topological polar surface area (TPSA) is 75.9 Å². The molecule has 0 radical (unpaired) electrons. The van der Waals surface area contributed by atoms with Gasteiger partial charge in [0.25, 0.3) is 0 Å². The average molecular weight is 255 g/mol. The number of ether oxygens (including phenoxy) is 1. The van der Waals surface area contributed by atoms with E-state index in [0.29, 0.717) is 6.42 Å². The zero-order chi connectivity index (χ0) is 13.2. The Morgan fingerprint density at radius 3 is 2.50 bits per heavy atom. The minimum absolute atomic E-state index is 0.0879. The summed E-state index contributed by atoms with van der Waals surface area (Å²) in [5.41, 5.74) is 4.73. The SMILES string of the molecule is COCC1(C(N)=O)CCCN1CC(=O)N1CCC1. The molecular formula is C12H21N3O3. The molecule has 0 aromatic carbocycles. The molecule has 2 heterocycles. The van der Waals surface area contributed by atoms with Gasteiger partial charge in [0.2, 0.25) is 11.8 Å². The highest BCUT2D eigenvalue weighted by atomic mass is 16.5.